The average Bonchev–Trinajstić information content (AvgIpc) is 2.26. The molecule has 0 fully saturated rings. The van der Waals surface area contributed by atoms with Crippen molar-refractivity contribution in [3.63, 3.8) is 0 Å². The highest BCUT2D eigenvalue weighted by Gasteiger charge is 2.77. The lowest BCUT2D eigenvalue weighted by Crippen LogP contribution is -2.56. The van der Waals surface area contributed by atoms with Gasteiger partial charge in [-0.15, -0.1) is 11.6 Å². The van der Waals surface area contributed by atoms with Crippen LogP contribution in [0.4, 0.5) is 30.7 Å². The minimum absolute atomic E-state index is 0.0335. The summed E-state index contributed by atoms with van der Waals surface area (Å²) in [7, 11) is 0. The van der Waals surface area contributed by atoms with Crippen molar-refractivity contribution in [1.82, 2.24) is 0 Å². The Hall–Kier alpha value is -0.770. The first kappa shape index (κ1) is 18.2. The lowest BCUT2D eigenvalue weighted by atomic mass is 10.1. The van der Waals surface area contributed by atoms with Crippen molar-refractivity contribution in [1.29, 1.82) is 0 Å². The molecule has 0 bridgehead atoms. The van der Waals surface area contributed by atoms with E-state index in [4.69, 9.17) is 11.6 Å². The number of carbonyl (C=O) groups excluding carboxylic acids is 1. The van der Waals surface area contributed by atoms with Crippen LogP contribution in [0.3, 0.4) is 0 Å². The number of ether oxygens (including phenoxy) is 2. The van der Waals surface area contributed by atoms with Crippen LogP contribution in [0.1, 0.15) is 0 Å². The molecule has 0 aromatic rings. The van der Waals surface area contributed by atoms with Gasteiger partial charge in [0.2, 0.25) is 0 Å². The summed E-state index contributed by atoms with van der Waals surface area (Å²) in [5, 5.41) is 0. The number of alkyl halides is 8. The van der Waals surface area contributed by atoms with Gasteiger partial charge < -0.3 is 9.47 Å². The molecule has 0 spiro atoms. The molecule has 3 nitrogen and oxygen atoms in total. The van der Waals surface area contributed by atoms with Gasteiger partial charge in [0.15, 0.2) is 0 Å². The highest BCUT2D eigenvalue weighted by Crippen LogP contribution is 2.46. The predicted octanol–water partition coefficient (Wildman–Crippen LogP) is 2.62. The summed E-state index contributed by atoms with van der Waals surface area (Å²) in [6, 6.07) is 0. The Balaban J connectivity index is 4.52. The molecule has 0 atom stereocenters. The Morgan fingerprint density at radius 1 is 0.947 bits per heavy atom. The maximum Gasteiger partial charge on any atom is 0.460 e. The highest BCUT2D eigenvalue weighted by atomic mass is 35.5. The first-order valence-corrected chi connectivity index (χ1v) is 5.15. The SMILES string of the molecule is O=C(OCCOCCCl)C(F)(F)C(F)(F)C(F)(F)F. The highest BCUT2D eigenvalue weighted by molar-refractivity contribution is 6.17. The van der Waals surface area contributed by atoms with Gasteiger partial charge in [-0.1, -0.05) is 0 Å². The van der Waals surface area contributed by atoms with E-state index in [2.05, 4.69) is 9.47 Å². The monoisotopic (exact) mass is 320 g/mol. The number of halogens is 8. The summed E-state index contributed by atoms with van der Waals surface area (Å²) in [4.78, 5) is 10.6. The van der Waals surface area contributed by atoms with Crippen molar-refractivity contribution in [2.24, 2.45) is 0 Å². The van der Waals surface area contributed by atoms with Gasteiger partial charge in [-0.2, -0.15) is 30.7 Å². The third kappa shape index (κ3) is 4.37. The first-order valence-electron chi connectivity index (χ1n) is 4.61. The fourth-order valence-electron chi connectivity index (χ4n) is 0.747. The summed E-state index contributed by atoms with van der Waals surface area (Å²) in [6.45, 7) is -1.40. The van der Waals surface area contributed by atoms with E-state index in [1.807, 2.05) is 0 Å². The Bertz CT molecular complexity index is 305. The zero-order valence-electron chi connectivity index (χ0n) is 9.08. The zero-order valence-corrected chi connectivity index (χ0v) is 9.83. The van der Waals surface area contributed by atoms with Gasteiger partial charge in [0, 0.05) is 5.88 Å². The van der Waals surface area contributed by atoms with Crippen molar-refractivity contribution in [3.05, 3.63) is 0 Å². The molecular formula is C8H8ClF7O3. The molecule has 0 aliphatic carbocycles. The zero-order chi connectivity index (χ0) is 15.3. The number of esters is 1. The summed E-state index contributed by atoms with van der Waals surface area (Å²) in [5.41, 5.74) is 0. The molecule has 0 aliphatic heterocycles. The van der Waals surface area contributed by atoms with E-state index in [0.717, 1.165) is 0 Å². The van der Waals surface area contributed by atoms with E-state index in [1.165, 1.54) is 0 Å². The van der Waals surface area contributed by atoms with E-state index in [-0.39, 0.29) is 12.5 Å². The quantitative estimate of drug-likeness (QED) is 0.313. The lowest BCUT2D eigenvalue weighted by Gasteiger charge is -2.26. The molecule has 0 N–H and O–H groups in total. The smallest absolute Gasteiger partial charge is 0.459 e. The molecule has 0 saturated carbocycles. The van der Waals surface area contributed by atoms with Crippen LogP contribution in [0.2, 0.25) is 0 Å². The summed E-state index contributed by atoms with van der Waals surface area (Å²) in [5.74, 6) is -15.5. The molecule has 11 heteroatoms. The standard InChI is InChI=1S/C8H8ClF7O3/c9-1-2-18-3-4-19-5(17)6(10,11)7(12,13)8(14,15)16/h1-4H2. The van der Waals surface area contributed by atoms with Crippen molar-refractivity contribution < 1.29 is 45.0 Å². The van der Waals surface area contributed by atoms with E-state index in [1.54, 1.807) is 0 Å². The maximum absolute atomic E-state index is 12.7. The van der Waals surface area contributed by atoms with Gasteiger partial charge in [0.05, 0.1) is 13.2 Å². The minimum atomic E-state index is -6.58. The van der Waals surface area contributed by atoms with Crippen LogP contribution in [0.5, 0.6) is 0 Å². The van der Waals surface area contributed by atoms with Gasteiger partial charge in [-0.05, 0) is 0 Å². The molecule has 0 saturated heterocycles. The van der Waals surface area contributed by atoms with Crippen molar-refractivity contribution >= 4 is 17.6 Å². The molecular weight excluding hydrogens is 313 g/mol. The average molecular weight is 321 g/mol. The number of hydrogen-bond donors (Lipinski definition) is 0. The summed E-state index contributed by atoms with van der Waals surface area (Å²) < 4.78 is 93.3. The van der Waals surface area contributed by atoms with E-state index in [9.17, 15) is 35.5 Å². The van der Waals surface area contributed by atoms with Gasteiger partial charge >= 0.3 is 24.0 Å². The molecule has 0 heterocycles. The Morgan fingerprint density at radius 2 is 1.47 bits per heavy atom. The van der Waals surface area contributed by atoms with Crippen LogP contribution in [0.15, 0.2) is 0 Å². The van der Waals surface area contributed by atoms with Gasteiger partial charge in [0.1, 0.15) is 6.61 Å². The second kappa shape index (κ2) is 6.60. The summed E-state index contributed by atoms with van der Waals surface area (Å²) in [6.07, 6.45) is -6.58. The molecule has 0 rings (SSSR count). The molecule has 0 aliphatic rings. The number of rotatable bonds is 7. The number of hydrogen-bond acceptors (Lipinski definition) is 3. The molecule has 0 amide bonds. The van der Waals surface area contributed by atoms with E-state index < -0.39 is 37.2 Å². The molecule has 114 valence electrons. The van der Waals surface area contributed by atoms with Crippen LogP contribution in [-0.2, 0) is 14.3 Å². The second-order valence-corrected chi connectivity index (χ2v) is 3.46. The Kier molecular flexibility index (Phi) is 6.33. The topological polar surface area (TPSA) is 35.5 Å². The largest absolute Gasteiger partial charge is 0.460 e. The van der Waals surface area contributed by atoms with E-state index in [0.29, 0.717) is 0 Å². The third-order valence-corrected chi connectivity index (χ3v) is 1.84. The molecule has 0 aromatic heterocycles. The van der Waals surface area contributed by atoms with Crippen LogP contribution in [-0.4, -0.2) is 49.7 Å². The first-order chi connectivity index (χ1) is 8.48. The molecule has 0 radical (unpaired) electrons. The van der Waals surface area contributed by atoms with Crippen molar-refractivity contribution in [2.75, 3.05) is 25.7 Å². The van der Waals surface area contributed by atoms with Gasteiger partial charge in [0.25, 0.3) is 0 Å². The predicted molar refractivity (Wildman–Crippen MR) is 48.4 cm³/mol. The van der Waals surface area contributed by atoms with Crippen LogP contribution in [0, 0.1) is 0 Å². The third-order valence-electron chi connectivity index (χ3n) is 1.69. The minimum Gasteiger partial charge on any atom is -0.459 e. The second-order valence-electron chi connectivity index (χ2n) is 3.08. The normalized spacial score (nSPS) is 13.5. The fourth-order valence-corrected chi connectivity index (χ4v) is 0.856. The van der Waals surface area contributed by atoms with E-state index >= 15 is 0 Å². The fraction of sp³-hybridized carbons (Fsp3) is 0.875. The summed E-state index contributed by atoms with van der Waals surface area (Å²) >= 11 is 5.15. The van der Waals surface area contributed by atoms with Crippen molar-refractivity contribution in [3.8, 4) is 0 Å². The Labute approximate surface area is 107 Å². The van der Waals surface area contributed by atoms with Crippen molar-refractivity contribution in [2.45, 2.75) is 18.0 Å². The van der Waals surface area contributed by atoms with Gasteiger partial charge in [-0.25, -0.2) is 4.79 Å². The van der Waals surface area contributed by atoms with Crippen LogP contribution < -0.4 is 0 Å². The molecule has 0 unspecified atom stereocenters. The maximum atomic E-state index is 12.7. The van der Waals surface area contributed by atoms with Crippen LogP contribution >= 0.6 is 11.6 Å². The number of carbonyl (C=O) groups is 1. The molecule has 0 aromatic carbocycles. The Morgan fingerprint density at radius 3 is 1.89 bits per heavy atom. The van der Waals surface area contributed by atoms with Gasteiger partial charge in [-0.3, -0.25) is 0 Å². The van der Waals surface area contributed by atoms with Crippen LogP contribution in [0.25, 0.3) is 0 Å². The molecule has 19 heavy (non-hydrogen) atoms. The lowest BCUT2D eigenvalue weighted by molar-refractivity contribution is -0.348.